The predicted molar refractivity (Wildman–Crippen MR) is 152 cm³/mol. The fraction of sp³-hybridized carbons (Fsp3) is 0.667. The number of aliphatic carboxylic acids is 1. The molecule has 0 fully saturated rings. The lowest BCUT2D eigenvalue weighted by molar-refractivity contribution is -0.160. The van der Waals surface area contributed by atoms with E-state index < -0.39 is 64.8 Å². The van der Waals surface area contributed by atoms with Gasteiger partial charge in [0, 0.05) is 11.8 Å². The van der Waals surface area contributed by atoms with E-state index in [0.29, 0.717) is 18.4 Å². The lowest BCUT2D eigenvalue weighted by Gasteiger charge is -2.33. The Hall–Kier alpha value is -3.34. The maximum atomic E-state index is 12.7. The van der Waals surface area contributed by atoms with E-state index >= 15 is 0 Å². The lowest BCUT2D eigenvalue weighted by atomic mass is 9.79. The van der Waals surface area contributed by atoms with Crippen molar-refractivity contribution in [3.05, 3.63) is 23.8 Å². The molecule has 0 bridgehead atoms. The summed E-state index contributed by atoms with van der Waals surface area (Å²) in [6.45, 7) is 19.0. The normalized spacial score (nSPS) is 15.1. The molecular formula is C30H47NO10. The van der Waals surface area contributed by atoms with Crippen molar-refractivity contribution in [2.24, 2.45) is 17.1 Å². The van der Waals surface area contributed by atoms with Crippen molar-refractivity contribution in [1.29, 1.82) is 0 Å². The molecule has 0 spiro atoms. The SMILES string of the molecule is CCC(C)(C)OC(=O)Oc1ccc(C(C(C)C(C)OC(=O)C(C)(C)C)[C@H](N)C(=O)O)cc1OC(=O)OC(C)(C)CC. The first-order valence-corrected chi connectivity index (χ1v) is 13.8. The fourth-order valence-electron chi connectivity index (χ4n) is 3.45. The molecule has 0 aliphatic carbocycles. The highest BCUT2D eigenvalue weighted by molar-refractivity contribution is 5.76. The third kappa shape index (κ3) is 10.9. The number of carboxylic acids is 1. The zero-order chi connectivity index (χ0) is 31.9. The summed E-state index contributed by atoms with van der Waals surface area (Å²) >= 11 is 0. The molecule has 0 saturated carbocycles. The van der Waals surface area contributed by atoms with Gasteiger partial charge in [-0.2, -0.15) is 0 Å². The molecule has 0 aromatic heterocycles. The highest BCUT2D eigenvalue weighted by Gasteiger charge is 2.37. The van der Waals surface area contributed by atoms with Gasteiger partial charge in [0.2, 0.25) is 0 Å². The van der Waals surface area contributed by atoms with Crippen LogP contribution in [0, 0.1) is 11.3 Å². The number of carbonyl (C=O) groups is 4. The summed E-state index contributed by atoms with van der Waals surface area (Å²) in [7, 11) is 0. The molecular weight excluding hydrogens is 534 g/mol. The molecule has 1 rings (SSSR count). The molecule has 3 unspecified atom stereocenters. The van der Waals surface area contributed by atoms with E-state index in [1.165, 1.54) is 18.2 Å². The number of hydrogen-bond donors (Lipinski definition) is 2. The molecule has 0 amide bonds. The second-order valence-corrected chi connectivity index (χ2v) is 12.5. The van der Waals surface area contributed by atoms with Gasteiger partial charge in [0.1, 0.15) is 23.3 Å². The Kier molecular flexibility index (Phi) is 12.2. The number of rotatable bonds is 12. The molecule has 0 aliphatic heterocycles. The zero-order valence-corrected chi connectivity index (χ0v) is 26.2. The van der Waals surface area contributed by atoms with Crippen LogP contribution in [-0.2, 0) is 23.8 Å². The molecule has 0 radical (unpaired) electrons. The van der Waals surface area contributed by atoms with Gasteiger partial charge in [-0.3, -0.25) is 9.59 Å². The second-order valence-electron chi connectivity index (χ2n) is 12.5. The molecule has 11 heteroatoms. The van der Waals surface area contributed by atoms with Gasteiger partial charge in [0.25, 0.3) is 0 Å². The van der Waals surface area contributed by atoms with Gasteiger partial charge in [0.05, 0.1) is 5.41 Å². The van der Waals surface area contributed by atoms with E-state index in [1.807, 2.05) is 13.8 Å². The van der Waals surface area contributed by atoms with Crippen LogP contribution in [0.4, 0.5) is 9.59 Å². The summed E-state index contributed by atoms with van der Waals surface area (Å²) in [4.78, 5) is 49.8. The monoisotopic (exact) mass is 581 g/mol. The van der Waals surface area contributed by atoms with Crippen molar-refractivity contribution < 1.29 is 48.0 Å². The molecule has 1 aromatic rings. The molecule has 0 heterocycles. The summed E-state index contributed by atoms with van der Waals surface area (Å²) in [5.41, 5.74) is 4.05. The zero-order valence-electron chi connectivity index (χ0n) is 26.2. The molecule has 0 aliphatic rings. The minimum Gasteiger partial charge on any atom is -0.480 e. The van der Waals surface area contributed by atoms with Crippen LogP contribution in [0.3, 0.4) is 0 Å². The highest BCUT2D eigenvalue weighted by Crippen LogP contribution is 2.38. The number of carbonyl (C=O) groups excluding carboxylic acids is 3. The van der Waals surface area contributed by atoms with Crippen LogP contribution in [-0.4, -0.2) is 52.7 Å². The Morgan fingerprint density at radius 1 is 0.829 bits per heavy atom. The van der Waals surface area contributed by atoms with E-state index in [0.717, 1.165) is 0 Å². The summed E-state index contributed by atoms with van der Waals surface area (Å²) in [5, 5.41) is 9.81. The Balaban J connectivity index is 3.56. The standard InChI is InChI=1S/C30H47NO10/c1-12-29(8,9)40-26(35)38-20-15-14-19(16-21(20)39-27(36)41-30(10,11)13-2)22(23(31)24(32)33)17(3)18(4)37-25(34)28(5,6)7/h14-18,22-23H,12-13,31H2,1-11H3,(H,32,33)/t17?,18?,22?,23-/m0/s1. The van der Waals surface area contributed by atoms with Crippen LogP contribution >= 0.6 is 0 Å². The molecule has 232 valence electrons. The molecule has 4 atom stereocenters. The van der Waals surface area contributed by atoms with Crippen molar-refractivity contribution in [2.45, 2.75) is 118 Å². The third-order valence-corrected chi connectivity index (χ3v) is 7.05. The maximum Gasteiger partial charge on any atom is 0.514 e. The molecule has 1 aromatic carbocycles. The largest absolute Gasteiger partial charge is 0.514 e. The summed E-state index contributed by atoms with van der Waals surface area (Å²) in [5.74, 6) is -3.59. The summed E-state index contributed by atoms with van der Waals surface area (Å²) < 4.78 is 27.2. The summed E-state index contributed by atoms with van der Waals surface area (Å²) in [6.07, 6.45) is -1.78. The van der Waals surface area contributed by atoms with Gasteiger partial charge < -0.3 is 34.5 Å². The third-order valence-electron chi connectivity index (χ3n) is 7.05. The average Bonchev–Trinajstić information content (AvgIpc) is 2.84. The topological polar surface area (TPSA) is 161 Å². The fourth-order valence-corrected chi connectivity index (χ4v) is 3.45. The van der Waals surface area contributed by atoms with Gasteiger partial charge in [-0.1, -0.05) is 26.8 Å². The highest BCUT2D eigenvalue weighted by atomic mass is 16.8. The van der Waals surface area contributed by atoms with Gasteiger partial charge in [0.15, 0.2) is 11.5 Å². The first-order valence-electron chi connectivity index (χ1n) is 13.8. The number of nitrogens with two attached hydrogens (primary N) is 1. The van der Waals surface area contributed by atoms with Gasteiger partial charge in [-0.25, -0.2) is 9.59 Å². The number of hydrogen-bond acceptors (Lipinski definition) is 10. The minimum absolute atomic E-state index is 0.153. The number of ether oxygens (including phenoxy) is 5. The molecule has 0 saturated heterocycles. The van der Waals surface area contributed by atoms with E-state index in [9.17, 15) is 24.3 Å². The average molecular weight is 582 g/mol. The van der Waals surface area contributed by atoms with E-state index in [1.54, 1.807) is 62.3 Å². The minimum atomic E-state index is -1.42. The van der Waals surface area contributed by atoms with Crippen LogP contribution in [0.1, 0.15) is 100 Å². The van der Waals surface area contributed by atoms with E-state index in [-0.39, 0.29) is 11.5 Å². The number of carboxylic acid groups (broad SMARTS) is 1. The van der Waals surface area contributed by atoms with Crippen LogP contribution in [0.25, 0.3) is 0 Å². The quantitative estimate of drug-likeness (QED) is 0.164. The van der Waals surface area contributed by atoms with Crippen molar-refractivity contribution >= 4 is 24.2 Å². The lowest BCUT2D eigenvalue weighted by Crippen LogP contribution is -2.43. The van der Waals surface area contributed by atoms with Crippen molar-refractivity contribution in [1.82, 2.24) is 0 Å². The summed E-state index contributed by atoms with van der Waals surface area (Å²) in [6, 6.07) is 2.80. The first-order chi connectivity index (χ1) is 18.6. The van der Waals surface area contributed by atoms with E-state index in [4.69, 9.17) is 29.4 Å². The molecule has 11 nitrogen and oxygen atoms in total. The van der Waals surface area contributed by atoms with Gasteiger partial charge >= 0.3 is 24.2 Å². The number of esters is 1. The smallest absolute Gasteiger partial charge is 0.480 e. The van der Waals surface area contributed by atoms with Crippen LogP contribution in [0.15, 0.2) is 18.2 Å². The molecule has 3 N–H and O–H groups in total. The van der Waals surface area contributed by atoms with Crippen LogP contribution in [0.5, 0.6) is 11.5 Å². The van der Waals surface area contributed by atoms with E-state index in [2.05, 4.69) is 0 Å². The van der Waals surface area contributed by atoms with Crippen LogP contribution < -0.4 is 15.2 Å². The van der Waals surface area contributed by atoms with Crippen molar-refractivity contribution in [3.8, 4) is 11.5 Å². The van der Waals surface area contributed by atoms with Crippen LogP contribution in [0.2, 0.25) is 0 Å². The first kappa shape index (κ1) is 35.7. The maximum absolute atomic E-state index is 12.7. The predicted octanol–water partition coefficient (Wildman–Crippen LogP) is 6.20. The van der Waals surface area contributed by atoms with Gasteiger partial charge in [-0.15, -0.1) is 0 Å². The second kappa shape index (κ2) is 14.0. The Morgan fingerprint density at radius 2 is 1.29 bits per heavy atom. The number of benzene rings is 1. The Labute approximate surface area is 243 Å². The Bertz CT molecular complexity index is 1090. The Morgan fingerprint density at radius 3 is 1.71 bits per heavy atom. The van der Waals surface area contributed by atoms with Crippen molar-refractivity contribution in [2.75, 3.05) is 0 Å². The van der Waals surface area contributed by atoms with Crippen molar-refractivity contribution in [3.63, 3.8) is 0 Å². The van der Waals surface area contributed by atoms with Gasteiger partial charge in [-0.05, 0) is 85.9 Å². The molecule has 41 heavy (non-hydrogen) atoms.